The van der Waals surface area contributed by atoms with Gasteiger partial charge in [0.15, 0.2) is 6.29 Å². The van der Waals surface area contributed by atoms with Crippen molar-refractivity contribution in [3.8, 4) is 0 Å². The van der Waals surface area contributed by atoms with E-state index in [4.69, 9.17) is 28.4 Å². The summed E-state index contributed by atoms with van der Waals surface area (Å²) in [6.45, 7) is 2.06. The molecule has 302 valence electrons. The lowest BCUT2D eigenvalue weighted by atomic mass is 9.71. The van der Waals surface area contributed by atoms with Crippen molar-refractivity contribution >= 4 is 17.8 Å². The molecule has 19 nitrogen and oxygen atoms in total. The number of esters is 2. The number of nitrogens with one attached hydrogen (secondary N) is 1. The molecule has 1 spiro atoms. The molecule has 54 heavy (non-hydrogen) atoms. The van der Waals surface area contributed by atoms with Gasteiger partial charge in [0.1, 0.15) is 66.6 Å². The highest BCUT2D eigenvalue weighted by Crippen LogP contribution is 2.52. The zero-order valence-electron chi connectivity index (χ0n) is 29.6. The van der Waals surface area contributed by atoms with Gasteiger partial charge in [-0.1, -0.05) is 25.1 Å². The van der Waals surface area contributed by atoms with Gasteiger partial charge >= 0.3 is 11.9 Å². The predicted octanol–water partition coefficient (Wildman–Crippen LogP) is -4.05. The summed E-state index contributed by atoms with van der Waals surface area (Å²) in [6.07, 6.45) is -22.2. The molecule has 18 unspecified atom stereocenters. The minimum Gasteiger partial charge on any atom is -0.459 e. The summed E-state index contributed by atoms with van der Waals surface area (Å²) in [5.74, 6) is -5.74. The molecular weight excluding hydrogens is 722 g/mol. The molecule has 2 aliphatic carbocycles. The van der Waals surface area contributed by atoms with E-state index < -0.39 is 140 Å². The average molecular weight is 772 g/mol. The first-order valence-corrected chi connectivity index (χ1v) is 18.0. The van der Waals surface area contributed by atoms with Crippen LogP contribution in [0.3, 0.4) is 0 Å². The third kappa shape index (κ3) is 7.50. The Bertz CT molecular complexity index is 1500. The number of aliphatic hydroxyl groups is 9. The Morgan fingerprint density at radius 1 is 0.907 bits per heavy atom. The fourth-order valence-electron chi connectivity index (χ4n) is 8.12. The topological polar surface area (TPSA) is 301 Å². The van der Waals surface area contributed by atoms with Gasteiger partial charge in [-0.3, -0.25) is 9.59 Å². The molecule has 3 aliphatic heterocycles. The number of ether oxygens (including phenoxy) is 6. The summed E-state index contributed by atoms with van der Waals surface area (Å²) in [7, 11) is 0. The Kier molecular flexibility index (Phi) is 12.0. The number of carbonyl (C=O) groups excluding carboxylic acids is 3. The molecule has 1 amide bonds. The maximum atomic E-state index is 13.7. The molecule has 0 radical (unpaired) electrons. The predicted molar refractivity (Wildman–Crippen MR) is 175 cm³/mol. The second-order valence-electron chi connectivity index (χ2n) is 15.0. The van der Waals surface area contributed by atoms with E-state index in [-0.39, 0.29) is 25.4 Å². The summed E-state index contributed by atoms with van der Waals surface area (Å²) >= 11 is 0. The second kappa shape index (κ2) is 15.9. The summed E-state index contributed by atoms with van der Waals surface area (Å²) in [5.41, 5.74) is -2.02. The van der Waals surface area contributed by atoms with Crippen LogP contribution in [-0.2, 0) is 38.0 Å². The van der Waals surface area contributed by atoms with Crippen LogP contribution in [0.5, 0.6) is 0 Å². The van der Waals surface area contributed by atoms with Crippen LogP contribution in [0.15, 0.2) is 30.3 Å². The maximum absolute atomic E-state index is 13.7. The van der Waals surface area contributed by atoms with E-state index in [0.717, 1.165) is 6.92 Å². The molecule has 10 N–H and O–H groups in total. The van der Waals surface area contributed by atoms with Crippen LogP contribution in [-0.4, -0.2) is 174 Å². The summed E-state index contributed by atoms with van der Waals surface area (Å²) in [4.78, 5) is 38.5. The van der Waals surface area contributed by atoms with Crippen molar-refractivity contribution < 1.29 is 88.8 Å². The third-order valence-electron chi connectivity index (χ3n) is 11.3. The van der Waals surface area contributed by atoms with Crippen LogP contribution < -0.4 is 5.32 Å². The molecule has 3 heterocycles. The first-order valence-electron chi connectivity index (χ1n) is 18.0. The standard InChI is InChI=1S/C35H49NO18/c1-14-13-49-34(11-20(14)51-30(45)16-6-4-3-5-7-16)33(47)35(48)22(40)8-17(9-23(35)54-34)31(46)50-19-10-18(39)25(41)28(44)29(19)53-32-24(36-15(2)38)27(43)26(42)21(12-37)52-32/h3-7,14,17-29,32-33,37,39-44,47-48H,8-13H2,1-2H3,(H,36,38). The van der Waals surface area contributed by atoms with Crippen LogP contribution in [0.25, 0.3) is 0 Å². The molecule has 2 saturated carbocycles. The Hall–Kier alpha value is -2.89. The molecule has 0 aromatic heterocycles. The zero-order chi connectivity index (χ0) is 39.3. The molecule has 1 aromatic carbocycles. The van der Waals surface area contributed by atoms with E-state index in [1.54, 1.807) is 37.3 Å². The lowest BCUT2D eigenvalue weighted by Crippen LogP contribution is -2.67. The smallest absolute Gasteiger partial charge is 0.338 e. The number of fused-ring (bicyclic) bond motifs is 1. The minimum atomic E-state index is -2.32. The molecule has 18 atom stereocenters. The van der Waals surface area contributed by atoms with Gasteiger partial charge in [0.25, 0.3) is 0 Å². The van der Waals surface area contributed by atoms with E-state index in [2.05, 4.69) is 5.32 Å². The van der Waals surface area contributed by atoms with E-state index in [1.165, 1.54) is 0 Å². The van der Waals surface area contributed by atoms with Crippen molar-refractivity contribution in [1.82, 2.24) is 5.32 Å². The van der Waals surface area contributed by atoms with Gasteiger partial charge in [0.05, 0.1) is 43.0 Å². The van der Waals surface area contributed by atoms with Crippen molar-refractivity contribution in [1.29, 1.82) is 0 Å². The second-order valence-corrected chi connectivity index (χ2v) is 15.0. The molecule has 6 rings (SSSR count). The van der Waals surface area contributed by atoms with Crippen molar-refractivity contribution in [2.24, 2.45) is 11.8 Å². The molecule has 19 heteroatoms. The number of rotatable bonds is 8. The lowest BCUT2D eigenvalue weighted by Gasteiger charge is -2.47. The normalized spacial score (nSPS) is 46.4. The van der Waals surface area contributed by atoms with E-state index in [9.17, 15) is 60.3 Å². The van der Waals surface area contributed by atoms with Gasteiger partial charge in [0, 0.05) is 25.7 Å². The first kappa shape index (κ1) is 40.8. The van der Waals surface area contributed by atoms with Crippen LogP contribution >= 0.6 is 0 Å². The molecule has 5 fully saturated rings. The fraction of sp³-hybridized carbons (Fsp3) is 0.743. The van der Waals surface area contributed by atoms with E-state index >= 15 is 0 Å². The van der Waals surface area contributed by atoms with Crippen molar-refractivity contribution in [3.63, 3.8) is 0 Å². The zero-order valence-corrected chi connectivity index (χ0v) is 29.6. The van der Waals surface area contributed by atoms with Gasteiger partial charge in [-0.15, -0.1) is 0 Å². The third-order valence-corrected chi connectivity index (χ3v) is 11.3. The van der Waals surface area contributed by atoms with Gasteiger partial charge < -0.3 is 79.7 Å². The van der Waals surface area contributed by atoms with Gasteiger partial charge in [-0.05, 0) is 25.0 Å². The summed E-state index contributed by atoms with van der Waals surface area (Å²) < 4.78 is 35.0. The highest BCUT2D eigenvalue weighted by molar-refractivity contribution is 5.89. The highest BCUT2D eigenvalue weighted by atomic mass is 16.7. The van der Waals surface area contributed by atoms with Gasteiger partial charge in [-0.2, -0.15) is 0 Å². The van der Waals surface area contributed by atoms with Gasteiger partial charge in [0.2, 0.25) is 11.7 Å². The van der Waals surface area contributed by atoms with Crippen molar-refractivity contribution in [3.05, 3.63) is 35.9 Å². The van der Waals surface area contributed by atoms with E-state index in [0.29, 0.717) is 5.56 Å². The largest absolute Gasteiger partial charge is 0.459 e. The molecule has 0 bridgehead atoms. The van der Waals surface area contributed by atoms with Gasteiger partial charge in [-0.25, -0.2) is 4.79 Å². The monoisotopic (exact) mass is 771 g/mol. The molecule has 3 saturated heterocycles. The first-order chi connectivity index (χ1) is 25.5. The van der Waals surface area contributed by atoms with Crippen molar-refractivity contribution in [2.45, 2.75) is 136 Å². The number of benzene rings is 1. The van der Waals surface area contributed by atoms with Crippen LogP contribution in [0, 0.1) is 11.8 Å². The number of amides is 1. The molecular formula is C35H49NO18. The van der Waals surface area contributed by atoms with Crippen LogP contribution in [0.1, 0.15) is 49.9 Å². The average Bonchev–Trinajstić information content (AvgIpc) is 3.35. The Labute approximate surface area is 309 Å². The summed E-state index contributed by atoms with van der Waals surface area (Å²) in [5, 5.41) is 99.6. The Balaban J connectivity index is 1.17. The number of hydrogen-bond donors (Lipinski definition) is 10. The fourth-order valence-corrected chi connectivity index (χ4v) is 8.12. The number of aliphatic hydroxyl groups excluding tert-OH is 8. The minimum absolute atomic E-state index is 0.0454. The maximum Gasteiger partial charge on any atom is 0.338 e. The van der Waals surface area contributed by atoms with E-state index in [1.807, 2.05) is 0 Å². The molecule has 5 aliphatic rings. The summed E-state index contributed by atoms with van der Waals surface area (Å²) in [6, 6.07) is 6.79. The molecule has 1 aromatic rings. The SMILES string of the molecule is CC(=O)NC1C(OC2C(OC(=O)C3CC(O)C4(O)C(C3)OC3(CC(OC(=O)c5ccccc5)C(C)CO3)C4O)CC(O)C(O)C2O)OC(CO)C(O)C1O. The lowest BCUT2D eigenvalue weighted by molar-refractivity contribution is -0.311. The number of hydrogen-bond acceptors (Lipinski definition) is 18. The highest BCUT2D eigenvalue weighted by Gasteiger charge is 2.70. The Morgan fingerprint density at radius 2 is 1.61 bits per heavy atom. The van der Waals surface area contributed by atoms with Crippen LogP contribution in [0.2, 0.25) is 0 Å². The quantitative estimate of drug-likeness (QED) is 0.113. The number of carbonyl (C=O) groups is 3. The van der Waals surface area contributed by atoms with Crippen LogP contribution in [0.4, 0.5) is 0 Å². The Morgan fingerprint density at radius 3 is 2.28 bits per heavy atom. The van der Waals surface area contributed by atoms with Crippen molar-refractivity contribution in [2.75, 3.05) is 13.2 Å².